The summed E-state index contributed by atoms with van der Waals surface area (Å²) < 4.78 is 0. The largest absolute Gasteiger partial charge is 0.505 e. The lowest BCUT2D eigenvalue weighted by atomic mass is 9.85. The molecule has 0 aliphatic carbocycles. The van der Waals surface area contributed by atoms with Crippen LogP contribution in [0.15, 0.2) is 42.5 Å². The molecule has 0 aliphatic rings. The second-order valence-electron chi connectivity index (χ2n) is 5.57. The molecule has 0 saturated heterocycles. The summed E-state index contributed by atoms with van der Waals surface area (Å²) in [6.07, 6.45) is 0. The molecule has 2 nitrogen and oxygen atoms in total. The molecule has 2 aromatic carbocycles. The average Bonchev–Trinajstić information content (AvgIpc) is 2.32. The summed E-state index contributed by atoms with van der Waals surface area (Å²) in [5, 5.41) is 10.0. The van der Waals surface area contributed by atoms with Crippen LogP contribution in [0.1, 0.15) is 26.3 Å². The molecule has 2 heteroatoms. The molecular weight excluding hydrogens is 222 g/mol. The van der Waals surface area contributed by atoms with E-state index >= 15 is 0 Å². The van der Waals surface area contributed by atoms with Gasteiger partial charge in [-0.15, -0.1) is 0 Å². The van der Waals surface area contributed by atoms with Crippen LogP contribution < -0.4 is 5.73 Å². The number of anilines is 1. The molecule has 0 bridgehead atoms. The quantitative estimate of drug-likeness (QED) is 0.587. The van der Waals surface area contributed by atoms with E-state index in [1.165, 1.54) is 5.56 Å². The zero-order valence-corrected chi connectivity index (χ0v) is 11.1. The average molecular weight is 241 g/mol. The molecule has 0 atom stereocenters. The second-order valence-corrected chi connectivity index (χ2v) is 5.57. The summed E-state index contributed by atoms with van der Waals surface area (Å²) in [7, 11) is 0. The molecule has 2 aromatic rings. The number of para-hydroxylation sites is 1. The van der Waals surface area contributed by atoms with Crippen molar-refractivity contribution in [1.82, 2.24) is 0 Å². The fourth-order valence-corrected chi connectivity index (χ4v) is 1.95. The van der Waals surface area contributed by atoms with Crippen LogP contribution in [0.5, 0.6) is 5.75 Å². The molecule has 0 fully saturated rings. The molecule has 0 heterocycles. The first-order valence-corrected chi connectivity index (χ1v) is 6.08. The SMILES string of the molecule is CC(C)(C)c1cccc(-c2cccc(N)c2O)c1. The van der Waals surface area contributed by atoms with E-state index in [1.807, 2.05) is 24.3 Å². The van der Waals surface area contributed by atoms with Gasteiger partial charge >= 0.3 is 0 Å². The van der Waals surface area contributed by atoms with Crippen LogP contribution in [0.25, 0.3) is 11.1 Å². The van der Waals surface area contributed by atoms with Gasteiger partial charge in [0.1, 0.15) is 5.75 Å². The summed E-state index contributed by atoms with van der Waals surface area (Å²) >= 11 is 0. The molecule has 0 saturated carbocycles. The predicted octanol–water partition coefficient (Wildman–Crippen LogP) is 3.94. The normalized spacial score (nSPS) is 11.5. The Bertz CT molecular complexity index is 568. The molecule has 3 N–H and O–H groups in total. The Hall–Kier alpha value is -1.96. The van der Waals surface area contributed by atoms with Crippen molar-refractivity contribution in [3.8, 4) is 16.9 Å². The van der Waals surface area contributed by atoms with E-state index < -0.39 is 0 Å². The second kappa shape index (κ2) is 4.37. The van der Waals surface area contributed by atoms with Crippen molar-refractivity contribution in [3.63, 3.8) is 0 Å². The van der Waals surface area contributed by atoms with Gasteiger partial charge in [0.05, 0.1) is 5.69 Å². The number of nitrogens with two attached hydrogens (primary N) is 1. The van der Waals surface area contributed by atoms with Gasteiger partial charge in [-0.1, -0.05) is 57.2 Å². The first-order chi connectivity index (χ1) is 8.39. The van der Waals surface area contributed by atoms with E-state index in [0.717, 1.165) is 11.1 Å². The molecule has 18 heavy (non-hydrogen) atoms. The van der Waals surface area contributed by atoms with E-state index in [0.29, 0.717) is 5.69 Å². The summed E-state index contributed by atoms with van der Waals surface area (Å²) in [5.74, 6) is 0.156. The summed E-state index contributed by atoms with van der Waals surface area (Å²) in [6.45, 7) is 6.52. The minimum Gasteiger partial charge on any atom is -0.505 e. The van der Waals surface area contributed by atoms with Gasteiger partial charge in [-0.2, -0.15) is 0 Å². The Morgan fingerprint density at radius 2 is 1.67 bits per heavy atom. The van der Waals surface area contributed by atoms with E-state index in [9.17, 15) is 5.11 Å². The van der Waals surface area contributed by atoms with Gasteiger partial charge in [-0.25, -0.2) is 0 Å². The van der Waals surface area contributed by atoms with Crippen LogP contribution in [0.3, 0.4) is 0 Å². The minimum absolute atomic E-state index is 0.0892. The Kier molecular flexibility index (Phi) is 3.04. The monoisotopic (exact) mass is 241 g/mol. The third-order valence-corrected chi connectivity index (χ3v) is 3.11. The van der Waals surface area contributed by atoms with Crippen LogP contribution in [0.2, 0.25) is 0 Å². The Balaban J connectivity index is 2.55. The summed E-state index contributed by atoms with van der Waals surface area (Å²) in [5.41, 5.74) is 9.24. The number of phenolic OH excluding ortho intramolecular Hbond substituents is 1. The van der Waals surface area contributed by atoms with Crippen molar-refractivity contribution >= 4 is 5.69 Å². The maximum absolute atomic E-state index is 10.0. The molecule has 0 aromatic heterocycles. The Labute approximate surface area is 108 Å². The van der Waals surface area contributed by atoms with Gasteiger partial charge in [0, 0.05) is 5.56 Å². The highest BCUT2D eigenvalue weighted by atomic mass is 16.3. The van der Waals surface area contributed by atoms with Gasteiger partial charge in [-0.05, 0) is 22.6 Å². The van der Waals surface area contributed by atoms with Crippen LogP contribution in [0.4, 0.5) is 5.69 Å². The van der Waals surface area contributed by atoms with Crippen molar-refractivity contribution in [3.05, 3.63) is 48.0 Å². The Morgan fingerprint density at radius 1 is 1.00 bits per heavy atom. The van der Waals surface area contributed by atoms with Crippen molar-refractivity contribution in [2.45, 2.75) is 26.2 Å². The van der Waals surface area contributed by atoms with Crippen molar-refractivity contribution < 1.29 is 5.11 Å². The maximum atomic E-state index is 10.0. The highest BCUT2D eigenvalue weighted by molar-refractivity contribution is 5.77. The maximum Gasteiger partial charge on any atom is 0.146 e. The number of nitrogen functional groups attached to an aromatic ring is 1. The standard InChI is InChI=1S/C16H19NO/c1-16(2,3)12-7-4-6-11(10-12)13-8-5-9-14(17)15(13)18/h4-10,18H,17H2,1-3H3. The fraction of sp³-hybridized carbons (Fsp3) is 0.250. The smallest absolute Gasteiger partial charge is 0.146 e. The van der Waals surface area contributed by atoms with Crippen LogP contribution in [-0.4, -0.2) is 5.11 Å². The molecule has 2 rings (SSSR count). The van der Waals surface area contributed by atoms with Crippen LogP contribution >= 0.6 is 0 Å². The number of hydrogen-bond donors (Lipinski definition) is 2. The lowest BCUT2D eigenvalue weighted by Crippen LogP contribution is -2.10. The van der Waals surface area contributed by atoms with Crippen molar-refractivity contribution in [2.24, 2.45) is 0 Å². The highest BCUT2D eigenvalue weighted by Crippen LogP contribution is 2.35. The topological polar surface area (TPSA) is 46.2 Å². The van der Waals surface area contributed by atoms with Gasteiger partial charge in [0.25, 0.3) is 0 Å². The number of benzene rings is 2. The molecule has 0 unspecified atom stereocenters. The van der Waals surface area contributed by atoms with Gasteiger partial charge < -0.3 is 10.8 Å². The lowest BCUT2D eigenvalue weighted by molar-refractivity contribution is 0.480. The van der Waals surface area contributed by atoms with E-state index in [2.05, 4.69) is 32.9 Å². The first-order valence-electron chi connectivity index (χ1n) is 6.08. The van der Waals surface area contributed by atoms with Crippen molar-refractivity contribution in [2.75, 3.05) is 5.73 Å². The molecule has 0 spiro atoms. The zero-order chi connectivity index (χ0) is 13.3. The van der Waals surface area contributed by atoms with Gasteiger partial charge in [-0.3, -0.25) is 0 Å². The number of aromatic hydroxyl groups is 1. The van der Waals surface area contributed by atoms with Crippen LogP contribution in [0, 0.1) is 0 Å². The molecular formula is C16H19NO. The summed E-state index contributed by atoms with van der Waals surface area (Å²) in [6, 6.07) is 13.7. The predicted molar refractivity (Wildman–Crippen MR) is 76.7 cm³/mol. The van der Waals surface area contributed by atoms with Gasteiger partial charge in [0.15, 0.2) is 0 Å². The van der Waals surface area contributed by atoms with Crippen molar-refractivity contribution in [1.29, 1.82) is 0 Å². The lowest BCUT2D eigenvalue weighted by Gasteiger charge is -2.20. The van der Waals surface area contributed by atoms with E-state index in [1.54, 1.807) is 6.07 Å². The number of rotatable bonds is 1. The molecule has 0 radical (unpaired) electrons. The van der Waals surface area contributed by atoms with Crippen LogP contribution in [-0.2, 0) is 5.41 Å². The molecule has 94 valence electrons. The molecule has 0 amide bonds. The zero-order valence-electron chi connectivity index (χ0n) is 11.1. The summed E-state index contributed by atoms with van der Waals surface area (Å²) in [4.78, 5) is 0. The van der Waals surface area contributed by atoms with Gasteiger partial charge in [0.2, 0.25) is 0 Å². The van der Waals surface area contributed by atoms with E-state index in [4.69, 9.17) is 5.73 Å². The number of hydrogen-bond acceptors (Lipinski definition) is 2. The highest BCUT2D eigenvalue weighted by Gasteiger charge is 2.15. The Morgan fingerprint density at radius 3 is 2.33 bits per heavy atom. The first kappa shape index (κ1) is 12.5. The third-order valence-electron chi connectivity index (χ3n) is 3.11. The molecule has 0 aliphatic heterocycles. The minimum atomic E-state index is 0.0892. The van der Waals surface area contributed by atoms with E-state index in [-0.39, 0.29) is 11.2 Å². The third kappa shape index (κ3) is 2.33. The number of phenols is 1. The fourth-order valence-electron chi connectivity index (χ4n) is 1.95.